The van der Waals surface area contributed by atoms with E-state index in [4.69, 9.17) is 14.0 Å². The maximum atomic E-state index is 12.9. The molecule has 1 saturated heterocycles. The van der Waals surface area contributed by atoms with Gasteiger partial charge in [0.15, 0.2) is 5.60 Å². The molecular formula is C13H14FN3O3. The Balaban J connectivity index is 1.91. The van der Waals surface area contributed by atoms with Crippen LogP contribution in [0.5, 0.6) is 0 Å². The Morgan fingerprint density at radius 1 is 1.30 bits per heavy atom. The minimum Gasteiger partial charge on any atom is -0.381 e. The third kappa shape index (κ3) is 2.30. The third-order valence-electron chi connectivity index (χ3n) is 3.46. The number of hydrogen-bond acceptors (Lipinski definition) is 6. The second kappa shape index (κ2) is 5.26. The van der Waals surface area contributed by atoms with Gasteiger partial charge < -0.3 is 14.0 Å². The third-order valence-corrected chi connectivity index (χ3v) is 3.46. The summed E-state index contributed by atoms with van der Waals surface area (Å²) >= 11 is 0. The summed E-state index contributed by atoms with van der Waals surface area (Å²) in [6, 6.07) is 2.81. The average Bonchev–Trinajstić information content (AvgIpc) is 2.99. The number of nitrogens with zero attached hydrogens (tertiary/aromatic N) is 3. The van der Waals surface area contributed by atoms with Gasteiger partial charge in [0.05, 0.1) is 6.20 Å². The molecule has 0 bridgehead atoms. The molecule has 106 valence electrons. The number of aromatic nitrogens is 3. The molecule has 0 saturated carbocycles. The highest BCUT2D eigenvalue weighted by atomic mass is 19.1. The highest BCUT2D eigenvalue weighted by molar-refractivity contribution is 5.47. The zero-order valence-corrected chi connectivity index (χ0v) is 11.0. The Labute approximate surface area is 114 Å². The van der Waals surface area contributed by atoms with Gasteiger partial charge in [-0.25, -0.2) is 9.37 Å². The standard InChI is InChI=1S/C13H14FN3O3/c1-18-13(4-6-19-7-5-13)12-16-11(17-20-12)10-3-2-9(14)8-15-10/h2-3,8H,4-7H2,1H3. The summed E-state index contributed by atoms with van der Waals surface area (Å²) in [5.74, 6) is 0.322. The normalized spacial score (nSPS) is 18.1. The molecule has 0 spiro atoms. The number of ether oxygens (including phenoxy) is 2. The Kier molecular flexibility index (Phi) is 3.45. The number of rotatable bonds is 3. The molecule has 3 rings (SSSR count). The van der Waals surface area contributed by atoms with Crippen LogP contribution in [0, 0.1) is 5.82 Å². The van der Waals surface area contributed by atoms with Gasteiger partial charge in [0, 0.05) is 33.2 Å². The first-order valence-electron chi connectivity index (χ1n) is 6.32. The highest BCUT2D eigenvalue weighted by Crippen LogP contribution is 2.35. The molecule has 7 heteroatoms. The first-order valence-corrected chi connectivity index (χ1v) is 6.32. The van der Waals surface area contributed by atoms with E-state index >= 15 is 0 Å². The highest BCUT2D eigenvalue weighted by Gasteiger charge is 2.40. The van der Waals surface area contributed by atoms with E-state index in [1.54, 1.807) is 7.11 Å². The lowest BCUT2D eigenvalue weighted by Gasteiger charge is -2.32. The maximum Gasteiger partial charge on any atom is 0.259 e. The van der Waals surface area contributed by atoms with E-state index in [2.05, 4.69) is 15.1 Å². The Morgan fingerprint density at radius 3 is 2.75 bits per heavy atom. The summed E-state index contributed by atoms with van der Waals surface area (Å²) in [6.07, 6.45) is 2.43. The summed E-state index contributed by atoms with van der Waals surface area (Å²) < 4.78 is 29.1. The van der Waals surface area contributed by atoms with Crippen LogP contribution >= 0.6 is 0 Å². The van der Waals surface area contributed by atoms with E-state index in [-0.39, 0.29) is 0 Å². The molecule has 0 unspecified atom stereocenters. The van der Waals surface area contributed by atoms with Crippen molar-refractivity contribution in [3.8, 4) is 11.5 Å². The lowest BCUT2D eigenvalue weighted by Crippen LogP contribution is -2.35. The molecule has 3 heterocycles. The lowest BCUT2D eigenvalue weighted by molar-refractivity contribution is -0.111. The predicted octanol–water partition coefficient (Wildman–Crippen LogP) is 1.92. The summed E-state index contributed by atoms with van der Waals surface area (Å²) in [5.41, 5.74) is -0.150. The molecule has 0 N–H and O–H groups in total. The van der Waals surface area contributed by atoms with Gasteiger partial charge in [0.2, 0.25) is 5.82 Å². The molecule has 20 heavy (non-hydrogen) atoms. The molecule has 0 amide bonds. The Bertz CT molecular complexity index is 579. The number of hydrogen-bond donors (Lipinski definition) is 0. The molecule has 0 atom stereocenters. The molecule has 2 aromatic heterocycles. The van der Waals surface area contributed by atoms with Gasteiger partial charge in [0.25, 0.3) is 5.89 Å². The average molecular weight is 279 g/mol. The van der Waals surface area contributed by atoms with Crippen LogP contribution in [-0.4, -0.2) is 35.4 Å². The molecule has 1 aliphatic rings. The van der Waals surface area contributed by atoms with Gasteiger partial charge in [-0.05, 0) is 12.1 Å². The van der Waals surface area contributed by atoms with Crippen LogP contribution in [0.1, 0.15) is 18.7 Å². The van der Waals surface area contributed by atoms with Crippen molar-refractivity contribution in [1.82, 2.24) is 15.1 Å². The molecule has 1 aliphatic heterocycles. The van der Waals surface area contributed by atoms with Gasteiger partial charge in [0.1, 0.15) is 11.5 Å². The van der Waals surface area contributed by atoms with Crippen molar-refractivity contribution in [3.63, 3.8) is 0 Å². The van der Waals surface area contributed by atoms with Crippen LogP contribution in [-0.2, 0) is 15.1 Å². The lowest BCUT2D eigenvalue weighted by atomic mass is 9.94. The molecular weight excluding hydrogens is 265 g/mol. The fourth-order valence-corrected chi connectivity index (χ4v) is 2.23. The minimum atomic E-state index is -0.608. The zero-order chi connectivity index (χ0) is 14.0. The van der Waals surface area contributed by atoms with Gasteiger partial charge >= 0.3 is 0 Å². The van der Waals surface area contributed by atoms with Crippen molar-refractivity contribution < 1.29 is 18.4 Å². The summed E-state index contributed by atoms with van der Waals surface area (Å²) in [4.78, 5) is 8.26. The smallest absolute Gasteiger partial charge is 0.259 e. The van der Waals surface area contributed by atoms with Crippen LogP contribution in [0.15, 0.2) is 22.9 Å². The maximum absolute atomic E-state index is 12.9. The topological polar surface area (TPSA) is 70.3 Å². The second-order valence-electron chi connectivity index (χ2n) is 4.60. The molecule has 6 nitrogen and oxygen atoms in total. The summed E-state index contributed by atoms with van der Waals surface area (Å²) in [6.45, 7) is 1.17. The van der Waals surface area contributed by atoms with Crippen molar-refractivity contribution >= 4 is 0 Å². The summed E-state index contributed by atoms with van der Waals surface area (Å²) in [5, 5.41) is 3.89. The van der Waals surface area contributed by atoms with Crippen LogP contribution in [0.3, 0.4) is 0 Å². The van der Waals surface area contributed by atoms with Crippen LogP contribution in [0.2, 0.25) is 0 Å². The number of halogens is 1. The first kappa shape index (κ1) is 13.1. The molecule has 0 aromatic carbocycles. The molecule has 0 radical (unpaired) electrons. The Hall–Kier alpha value is -1.86. The van der Waals surface area contributed by atoms with E-state index in [9.17, 15) is 4.39 Å². The predicted molar refractivity (Wildman–Crippen MR) is 66.2 cm³/mol. The number of pyridine rings is 1. The van der Waals surface area contributed by atoms with Gasteiger partial charge in [-0.3, -0.25) is 0 Å². The van der Waals surface area contributed by atoms with E-state index in [1.165, 1.54) is 12.1 Å². The molecule has 0 aliphatic carbocycles. The van der Waals surface area contributed by atoms with Crippen molar-refractivity contribution in [2.24, 2.45) is 0 Å². The molecule has 1 fully saturated rings. The van der Waals surface area contributed by atoms with Crippen LogP contribution in [0.4, 0.5) is 4.39 Å². The SMILES string of the molecule is COC1(c2nc(-c3ccc(F)cn3)no2)CCOCC1. The molecule has 2 aromatic rings. The second-order valence-corrected chi connectivity index (χ2v) is 4.60. The van der Waals surface area contributed by atoms with Gasteiger partial charge in [-0.2, -0.15) is 4.98 Å². The zero-order valence-electron chi connectivity index (χ0n) is 11.0. The van der Waals surface area contributed by atoms with E-state index < -0.39 is 11.4 Å². The minimum absolute atomic E-state index is 0.322. The van der Waals surface area contributed by atoms with E-state index in [0.717, 1.165) is 6.20 Å². The van der Waals surface area contributed by atoms with E-state index in [0.29, 0.717) is 43.5 Å². The van der Waals surface area contributed by atoms with Crippen molar-refractivity contribution in [2.75, 3.05) is 20.3 Å². The fraction of sp³-hybridized carbons (Fsp3) is 0.462. The Morgan fingerprint density at radius 2 is 2.10 bits per heavy atom. The van der Waals surface area contributed by atoms with Gasteiger partial charge in [-0.15, -0.1) is 0 Å². The van der Waals surface area contributed by atoms with Crippen LogP contribution < -0.4 is 0 Å². The quantitative estimate of drug-likeness (QED) is 0.855. The van der Waals surface area contributed by atoms with Crippen molar-refractivity contribution in [3.05, 3.63) is 30.0 Å². The monoisotopic (exact) mass is 279 g/mol. The van der Waals surface area contributed by atoms with Gasteiger partial charge in [-0.1, -0.05) is 5.16 Å². The fourth-order valence-electron chi connectivity index (χ4n) is 2.23. The summed E-state index contributed by atoms with van der Waals surface area (Å²) in [7, 11) is 1.62. The first-order chi connectivity index (χ1) is 9.73. The number of methoxy groups -OCH3 is 1. The van der Waals surface area contributed by atoms with E-state index in [1.807, 2.05) is 0 Å². The largest absolute Gasteiger partial charge is 0.381 e. The van der Waals surface area contributed by atoms with Crippen LogP contribution in [0.25, 0.3) is 11.5 Å². The van der Waals surface area contributed by atoms with Crippen molar-refractivity contribution in [1.29, 1.82) is 0 Å². The van der Waals surface area contributed by atoms with Crippen molar-refractivity contribution in [2.45, 2.75) is 18.4 Å².